The smallest absolute Gasteiger partial charge is 0.0242 e. The van der Waals surface area contributed by atoms with Gasteiger partial charge in [0.25, 0.3) is 0 Å². The zero-order valence-corrected chi connectivity index (χ0v) is 12.9. The average molecular weight is 272 g/mol. The molecule has 2 rings (SSSR count). The van der Waals surface area contributed by atoms with Crippen molar-refractivity contribution in [2.75, 3.05) is 13.1 Å². The van der Waals surface area contributed by atoms with Crippen LogP contribution in [0.1, 0.15) is 37.8 Å². The Kier molecular flexibility index (Phi) is 5.81. The monoisotopic (exact) mass is 272 g/mol. The lowest BCUT2D eigenvalue weighted by Gasteiger charge is -2.22. The molecule has 110 valence electrons. The molecule has 1 saturated carbocycles. The molecule has 0 aliphatic heterocycles. The van der Waals surface area contributed by atoms with Gasteiger partial charge >= 0.3 is 0 Å². The van der Waals surface area contributed by atoms with Gasteiger partial charge < -0.3 is 5.32 Å². The molecule has 0 atom stereocenters. The van der Waals surface area contributed by atoms with Gasteiger partial charge in [0.05, 0.1) is 0 Å². The quantitative estimate of drug-likeness (QED) is 0.693. The van der Waals surface area contributed by atoms with Crippen molar-refractivity contribution in [1.82, 2.24) is 10.2 Å². The lowest BCUT2D eigenvalue weighted by atomic mass is 10.0. The topological polar surface area (TPSA) is 15.3 Å². The normalized spacial score (nSPS) is 15.0. The number of rotatable bonds is 9. The van der Waals surface area contributed by atoms with E-state index >= 15 is 0 Å². The second-order valence-electron chi connectivity index (χ2n) is 6.08. The van der Waals surface area contributed by atoms with Gasteiger partial charge in [0.2, 0.25) is 0 Å². The van der Waals surface area contributed by atoms with Gasteiger partial charge in [-0.1, -0.05) is 44.2 Å². The molecular weight excluding hydrogens is 244 g/mol. The van der Waals surface area contributed by atoms with Crippen LogP contribution in [0.2, 0.25) is 0 Å². The van der Waals surface area contributed by atoms with Crippen molar-refractivity contribution in [2.24, 2.45) is 0 Å². The van der Waals surface area contributed by atoms with Crippen LogP contribution in [0.5, 0.6) is 0 Å². The van der Waals surface area contributed by atoms with E-state index in [0.29, 0.717) is 6.04 Å². The molecule has 2 heteroatoms. The fourth-order valence-corrected chi connectivity index (χ4v) is 2.62. The van der Waals surface area contributed by atoms with Crippen LogP contribution in [0.15, 0.2) is 36.9 Å². The summed E-state index contributed by atoms with van der Waals surface area (Å²) in [5.74, 6) is 0. The first kappa shape index (κ1) is 15.3. The lowest BCUT2D eigenvalue weighted by molar-refractivity contribution is 0.283. The Morgan fingerprint density at radius 1 is 1.30 bits per heavy atom. The van der Waals surface area contributed by atoms with Crippen LogP contribution in [0, 0.1) is 0 Å². The fraction of sp³-hybridized carbons (Fsp3) is 0.556. The predicted octanol–water partition coefficient (Wildman–Crippen LogP) is 3.38. The Balaban J connectivity index is 1.97. The Morgan fingerprint density at radius 3 is 2.60 bits per heavy atom. The first-order chi connectivity index (χ1) is 9.70. The first-order valence-corrected chi connectivity index (χ1v) is 7.86. The van der Waals surface area contributed by atoms with Gasteiger partial charge in [0, 0.05) is 25.2 Å². The van der Waals surface area contributed by atoms with Gasteiger partial charge in [-0.3, -0.25) is 4.90 Å². The van der Waals surface area contributed by atoms with E-state index in [1.54, 1.807) is 0 Å². The van der Waals surface area contributed by atoms with E-state index in [4.69, 9.17) is 0 Å². The third-order valence-electron chi connectivity index (χ3n) is 3.87. The van der Waals surface area contributed by atoms with E-state index in [2.05, 4.69) is 54.9 Å². The second kappa shape index (κ2) is 7.61. The lowest BCUT2D eigenvalue weighted by Crippen LogP contribution is -2.27. The molecule has 1 aromatic rings. The van der Waals surface area contributed by atoms with Crippen molar-refractivity contribution < 1.29 is 0 Å². The summed E-state index contributed by atoms with van der Waals surface area (Å²) < 4.78 is 0. The molecule has 0 amide bonds. The van der Waals surface area contributed by atoms with Crippen LogP contribution >= 0.6 is 0 Å². The number of nitrogens with one attached hydrogen (secondary N) is 1. The van der Waals surface area contributed by atoms with Crippen molar-refractivity contribution in [2.45, 2.75) is 51.7 Å². The van der Waals surface area contributed by atoms with Crippen LogP contribution in [0.4, 0.5) is 0 Å². The maximum Gasteiger partial charge on any atom is 0.0242 e. The minimum Gasteiger partial charge on any atom is -0.314 e. The summed E-state index contributed by atoms with van der Waals surface area (Å²) in [5, 5.41) is 3.50. The molecule has 0 bridgehead atoms. The number of hydrogen-bond donors (Lipinski definition) is 1. The summed E-state index contributed by atoms with van der Waals surface area (Å²) in [6.07, 6.45) is 5.85. The highest BCUT2D eigenvalue weighted by atomic mass is 15.2. The van der Waals surface area contributed by atoms with Gasteiger partial charge in [-0.2, -0.15) is 0 Å². The molecule has 1 aliphatic carbocycles. The molecule has 1 aromatic carbocycles. The third-order valence-corrected chi connectivity index (χ3v) is 3.87. The minimum absolute atomic E-state index is 0.561. The molecule has 0 unspecified atom stereocenters. The number of hydrogen-bond acceptors (Lipinski definition) is 2. The first-order valence-electron chi connectivity index (χ1n) is 7.86. The molecule has 1 aliphatic rings. The van der Waals surface area contributed by atoms with Crippen LogP contribution in [0.3, 0.4) is 0 Å². The van der Waals surface area contributed by atoms with Crippen LogP contribution in [-0.2, 0) is 13.0 Å². The summed E-state index contributed by atoms with van der Waals surface area (Å²) in [7, 11) is 0. The molecule has 1 fully saturated rings. The predicted molar refractivity (Wildman–Crippen MR) is 86.9 cm³/mol. The Morgan fingerprint density at radius 2 is 2.00 bits per heavy atom. The van der Waals surface area contributed by atoms with E-state index < -0.39 is 0 Å². The maximum atomic E-state index is 3.89. The van der Waals surface area contributed by atoms with Crippen LogP contribution in [-0.4, -0.2) is 30.1 Å². The van der Waals surface area contributed by atoms with Crippen LogP contribution in [0.25, 0.3) is 0 Å². The van der Waals surface area contributed by atoms with Crippen molar-refractivity contribution in [3.05, 3.63) is 48.0 Å². The summed E-state index contributed by atoms with van der Waals surface area (Å²) in [5.41, 5.74) is 2.96. The van der Waals surface area contributed by atoms with Crippen molar-refractivity contribution >= 4 is 0 Å². The molecule has 0 saturated heterocycles. The van der Waals surface area contributed by atoms with Gasteiger partial charge in [0.1, 0.15) is 0 Å². The Bertz CT molecular complexity index is 421. The molecule has 0 radical (unpaired) electrons. The Labute approximate surface area is 123 Å². The van der Waals surface area contributed by atoms with E-state index in [1.807, 2.05) is 6.08 Å². The van der Waals surface area contributed by atoms with E-state index in [1.165, 1.54) is 24.0 Å². The van der Waals surface area contributed by atoms with E-state index in [9.17, 15) is 0 Å². The van der Waals surface area contributed by atoms with Gasteiger partial charge in [-0.25, -0.2) is 0 Å². The largest absolute Gasteiger partial charge is 0.314 e. The summed E-state index contributed by atoms with van der Waals surface area (Å²) >= 11 is 0. The SMILES string of the molecule is C=CCN(Cc1ccccc1CCNC(C)C)C1CC1. The highest BCUT2D eigenvalue weighted by Crippen LogP contribution is 2.28. The fourth-order valence-electron chi connectivity index (χ4n) is 2.62. The Hall–Kier alpha value is -1.12. The molecule has 2 nitrogen and oxygen atoms in total. The molecule has 1 N–H and O–H groups in total. The molecule has 20 heavy (non-hydrogen) atoms. The van der Waals surface area contributed by atoms with Gasteiger partial charge in [-0.15, -0.1) is 6.58 Å². The molecule has 0 heterocycles. The highest BCUT2D eigenvalue weighted by molar-refractivity contribution is 5.27. The number of nitrogens with zero attached hydrogens (tertiary/aromatic N) is 1. The third kappa shape index (κ3) is 4.77. The molecule has 0 aromatic heterocycles. The number of benzene rings is 1. The van der Waals surface area contributed by atoms with Crippen LogP contribution < -0.4 is 5.32 Å². The van der Waals surface area contributed by atoms with E-state index in [0.717, 1.165) is 32.1 Å². The standard InChI is InChI=1S/C18H28N2/c1-4-13-20(18-9-10-18)14-17-8-6-5-7-16(17)11-12-19-15(2)3/h4-8,15,18-19H,1,9-14H2,2-3H3. The highest BCUT2D eigenvalue weighted by Gasteiger charge is 2.28. The summed E-state index contributed by atoms with van der Waals surface area (Å²) in [6.45, 7) is 11.4. The van der Waals surface area contributed by atoms with E-state index in [-0.39, 0.29) is 0 Å². The second-order valence-corrected chi connectivity index (χ2v) is 6.08. The van der Waals surface area contributed by atoms with Crippen molar-refractivity contribution in [3.8, 4) is 0 Å². The molecule has 0 spiro atoms. The van der Waals surface area contributed by atoms with Crippen molar-refractivity contribution in [1.29, 1.82) is 0 Å². The maximum absolute atomic E-state index is 3.89. The van der Waals surface area contributed by atoms with Gasteiger partial charge in [-0.05, 0) is 36.9 Å². The van der Waals surface area contributed by atoms with Crippen molar-refractivity contribution in [3.63, 3.8) is 0 Å². The summed E-state index contributed by atoms with van der Waals surface area (Å²) in [6, 6.07) is 10.2. The van der Waals surface area contributed by atoms with Gasteiger partial charge in [0.15, 0.2) is 0 Å². The summed E-state index contributed by atoms with van der Waals surface area (Å²) in [4.78, 5) is 2.56. The zero-order chi connectivity index (χ0) is 14.4. The zero-order valence-electron chi connectivity index (χ0n) is 12.9. The average Bonchev–Trinajstić information content (AvgIpc) is 3.24. The minimum atomic E-state index is 0.561. The molecular formula is C18H28N2.